The Labute approximate surface area is 184 Å². The minimum atomic E-state index is -0.319. The molecule has 2 aliphatic rings. The van der Waals surface area contributed by atoms with Gasteiger partial charge in [0.05, 0.1) is 6.54 Å². The molecule has 0 saturated carbocycles. The summed E-state index contributed by atoms with van der Waals surface area (Å²) >= 11 is 0. The van der Waals surface area contributed by atoms with Crippen molar-refractivity contribution in [1.29, 1.82) is 0 Å². The molecule has 0 N–H and O–H groups in total. The molecule has 0 aliphatic carbocycles. The summed E-state index contributed by atoms with van der Waals surface area (Å²) in [6.45, 7) is 8.21. The molecule has 2 amide bonds. The molecule has 2 aliphatic heterocycles. The van der Waals surface area contributed by atoms with Crippen LogP contribution >= 0.6 is 0 Å². The maximum atomic E-state index is 13.2. The highest BCUT2D eigenvalue weighted by Gasteiger charge is 2.29. The van der Waals surface area contributed by atoms with Gasteiger partial charge in [-0.05, 0) is 33.1 Å². The van der Waals surface area contributed by atoms with Crippen LogP contribution in [0.2, 0.25) is 0 Å². The van der Waals surface area contributed by atoms with Gasteiger partial charge in [-0.25, -0.2) is 4.98 Å². The molecule has 0 spiro atoms. The van der Waals surface area contributed by atoms with Crippen molar-refractivity contribution >= 4 is 11.8 Å². The smallest absolute Gasteiger partial charge is 0.245 e. The molecule has 0 unspecified atom stereocenters. The summed E-state index contributed by atoms with van der Waals surface area (Å²) in [4.78, 5) is 36.5. The number of likely N-dealkylation sites (tertiary alicyclic amines) is 1. The fourth-order valence-corrected chi connectivity index (χ4v) is 4.70. The third-order valence-corrected chi connectivity index (χ3v) is 6.64. The average Bonchev–Trinajstić information content (AvgIpc) is 3.29. The molecule has 0 bridgehead atoms. The first-order chi connectivity index (χ1) is 15.0. The number of hydrogen-bond acceptors (Lipinski definition) is 4. The number of carbonyl (C=O) groups excluding carboxylic acids is 2. The first-order valence-corrected chi connectivity index (χ1v) is 11.4. The van der Waals surface area contributed by atoms with Crippen LogP contribution in [0.25, 0.3) is 11.4 Å². The fraction of sp³-hybridized carbons (Fsp3) is 0.542. The van der Waals surface area contributed by atoms with Crippen LogP contribution in [0, 0.1) is 0 Å². The highest BCUT2D eigenvalue weighted by atomic mass is 16.2. The van der Waals surface area contributed by atoms with Gasteiger partial charge in [0.1, 0.15) is 11.9 Å². The number of rotatable bonds is 5. The molecule has 7 nitrogen and oxygen atoms in total. The normalized spacial score (nSPS) is 21.2. The number of nitrogens with zero attached hydrogens (tertiary/aromatic N) is 5. The zero-order chi connectivity index (χ0) is 21.8. The molecule has 7 heteroatoms. The molecular weight excluding hydrogens is 390 g/mol. The molecular formula is C24H33N5O2. The van der Waals surface area contributed by atoms with Crippen molar-refractivity contribution in [3.63, 3.8) is 0 Å². The molecule has 3 heterocycles. The fourth-order valence-electron chi connectivity index (χ4n) is 4.70. The van der Waals surface area contributed by atoms with E-state index in [9.17, 15) is 9.59 Å². The number of benzene rings is 1. The second kappa shape index (κ2) is 9.64. The number of carbonyl (C=O) groups is 2. The number of imidazole rings is 1. The standard InChI is InChI=1S/C24H33N5O2/c1-19-8-6-7-12-28(19)22(30)18-26-14-16-27(17-15-26)24(31)20(2)29-13-11-25-23(29)21-9-4-3-5-10-21/h3-5,9-11,13,19-20H,6-8,12,14-18H2,1-2H3/t19-,20+/m1/s1. The Bertz CT molecular complexity index is 888. The molecule has 1 aromatic heterocycles. The van der Waals surface area contributed by atoms with Crippen molar-refractivity contribution in [3.8, 4) is 11.4 Å². The van der Waals surface area contributed by atoms with Gasteiger partial charge in [0.25, 0.3) is 0 Å². The van der Waals surface area contributed by atoms with Gasteiger partial charge >= 0.3 is 0 Å². The van der Waals surface area contributed by atoms with Crippen LogP contribution in [0.1, 0.15) is 39.2 Å². The largest absolute Gasteiger partial charge is 0.339 e. The first kappa shape index (κ1) is 21.6. The summed E-state index contributed by atoms with van der Waals surface area (Å²) in [5, 5.41) is 0. The molecule has 4 rings (SSSR count). The highest BCUT2D eigenvalue weighted by Crippen LogP contribution is 2.23. The van der Waals surface area contributed by atoms with E-state index in [1.165, 1.54) is 6.42 Å². The van der Waals surface area contributed by atoms with E-state index in [0.29, 0.717) is 25.7 Å². The zero-order valence-electron chi connectivity index (χ0n) is 18.6. The van der Waals surface area contributed by atoms with E-state index in [-0.39, 0.29) is 17.9 Å². The van der Waals surface area contributed by atoms with Gasteiger partial charge in [0.15, 0.2) is 0 Å². The first-order valence-electron chi connectivity index (χ1n) is 11.4. The Kier molecular flexibility index (Phi) is 6.70. The van der Waals surface area contributed by atoms with Crippen LogP contribution < -0.4 is 0 Å². The summed E-state index contributed by atoms with van der Waals surface area (Å²) in [6, 6.07) is 9.97. The molecule has 2 atom stereocenters. The van der Waals surface area contributed by atoms with Crippen LogP contribution in [-0.4, -0.2) is 81.4 Å². The van der Waals surface area contributed by atoms with E-state index in [1.54, 1.807) is 6.20 Å². The molecule has 2 aromatic rings. The predicted octanol–water partition coefficient (Wildman–Crippen LogP) is 2.66. The molecule has 2 saturated heterocycles. The third-order valence-electron chi connectivity index (χ3n) is 6.64. The Morgan fingerprint density at radius 2 is 1.81 bits per heavy atom. The van der Waals surface area contributed by atoms with Gasteiger partial charge in [-0.3, -0.25) is 14.5 Å². The van der Waals surface area contributed by atoms with E-state index < -0.39 is 0 Å². The Hall–Kier alpha value is -2.67. The number of hydrogen-bond donors (Lipinski definition) is 0. The van der Waals surface area contributed by atoms with Crippen LogP contribution in [0.4, 0.5) is 0 Å². The molecule has 1 aromatic carbocycles. The van der Waals surface area contributed by atoms with Crippen molar-refractivity contribution in [3.05, 3.63) is 42.7 Å². The van der Waals surface area contributed by atoms with E-state index in [0.717, 1.165) is 43.9 Å². The Balaban J connectivity index is 1.32. The lowest BCUT2D eigenvalue weighted by molar-refractivity contribution is -0.138. The second-order valence-electron chi connectivity index (χ2n) is 8.73. The monoisotopic (exact) mass is 423 g/mol. The zero-order valence-corrected chi connectivity index (χ0v) is 18.6. The van der Waals surface area contributed by atoms with Gasteiger partial charge in [0, 0.05) is 56.7 Å². The summed E-state index contributed by atoms with van der Waals surface area (Å²) in [5.74, 6) is 1.14. The van der Waals surface area contributed by atoms with Gasteiger partial charge in [-0.2, -0.15) is 0 Å². The van der Waals surface area contributed by atoms with E-state index in [1.807, 2.05) is 57.8 Å². The highest BCUT2D eigenvalue weighted by molar-refractivity contribution is 5.81. The number of piperidine rings is 1. The minimum Gasteiger partial charge on any atom is -0.339 e. The predicted molar refractivity (Wildman–Crippen MR) is 120 cm³/mol. The van der Waals surface area contributed by atoms with Crippen LogP contribution in [0.15, 0.2) is 42.7 Å². The van der Waals surface area contributed by atoms with Gasteiger partial charge < -0.3 is 14.4 Å². The quantitative estimate of drug-likeness (QED) is 0.742. The van der Waals surface area contributed by atoms with Crippen LogP contribution in [-0.2, 0) is 9.59 Å². The van der Waals surface area contributed by atoms with E-state index in [4.69, 9.17) is 0 Å². The molecule has 166 valence electrons. The minimum absolute atomic E-state index is 0.103. The van der Waals surface area contributed by atoms with Crippen molar-refractivity contribution in [2.75, 3.05) is 39.3 Å². The maximum absolute atomic E-state index is 13.2. The average molecular weight is 424 g/mol. The number of amides is 2. The van der Waals surface area contributed by atoms with Crippen molar-refractivity contribution in [2.24, 2.45) is 0 Å². The van der Waals surface area contributed by atoms with Crippen molar-refractivity contribution < 1.29 is 9.59 Å². The van der Waals surface area contributed by atoms with Gasteiger partial charge in [-0.1, -0.05) is 30.3 Å². The van der Waals surface area contributed by atoms with E-state index >= 15 is 0 Å². The summed E-state index contributed by atoms with van der Waals surface area (Å²) in [6.07, 6.45) is 7.05. The topological polar surface area (TPSA) is 61.7 Å². The molecule has 2 fully saturated rings. The van der Waals surface area contributed by atoms with E-state index in [2.05, 4.69) is 16.8 Å². The SMILES string of the molecule is C[C@@H]1CCCCN1C(=O)CN1CCN(C(=O)[C@H](C)n2ccnc2-c2ccccc2)CC1. The maximum Gasteiger partial charge on any atom is 0.245 e. The number of piperazine rings is 1. The van der Waals surface area contributed by atoms with Gasteiger partial charge in [0.2, 0.25) is 11.8 Å². The molecule has 0 radical (unpaired) electrons. The third kappa shape index (κ3) is 4.82. The Morgan fingerprint density at radius 3 is 2.52 bits per heavy atom. The summed E-state index contributed by atoms with van der Waals surface area (Å²) in [7, 11) is 0. The number of aromatic nitrogens is 2. The van der Waals surface area contributed by atoms with Gasteiger partial charge in [-0.15, -0.1) is 0 Å². The van der Waals surface area contributed by atoms with Crippen LogP contribution in [0.5, 0.6) is 0 Å². The molecule has 31 heavy (non-hydrogen) atoms. The van der Waals surface area contributed by atoms with Crippen LogP contribution in [0.3, 0.4) is 0 Å². The summed E-state index contributed by atoms with van der Waals surface area (Å²) in [5.41, 5.74) is 1.00. The lowest BCUT2D eigenvalue weighted by atomic mass is 10.0. The van der Waals surface area contributed by atoms with Crippen molar-refractivity contribution in [2.45, 2.75) is 45.2 Å². The second-order valence-corrected chi connectivity index (χ2v) is 8.73. The summed E-state index contributed by atoms with van der Waals surface area (Å²) < 4.78 is 1.95. The lowest BCUT2D eigenvalue weighted by Crippen LogP contribution is -2.53. The Morgan fingerprint density at radius 1 is 1.06 bits per heavy atom. The lowest BCUT2D eigenvalue weighted by Gasteiger charge is -2.38. The van der Waals surface area contributed by atoms with Crippen molar-refractivity contribution in [1.82, 2.24) is 24.3 Å².